The molecule has 190 valence electrons. The van der Waals surface area contributed by atoms with Crippen molar-refractivity contribution in [2.45, 2.75) is 4.21 Å². The van der Waals surface area contributed by atoms with Crippen molar-refractivity contribution in [2.75, 3.05) is 18.5 Å². The average molecular weight is 579 g/mol. The Bertz CT molecular complexity index is 1760. The molecule has 0 fully saturated rings. The van der Waals surface area contributed by atoms with E-state index in [9.17, 15) is 23.1 Å². The number of carbonyl (C=O) groups excluding carboxylic acids is 1. The number of hydrogen-bond donors (Lipinski definition) is 3. The molecule has 0 saturated carbocycles. The van der Waals surface area contributed by atoms with Crippen LogP contribution in [-0.2, 0) is 14.8 Å². The van der Waals surface area contributed by atoms with Crippen LogP contribution in [0.15, 0.2) is 68.6 Å². The lowest BCUT2D eigenvalue weighted by molar-refractivity contribution is 0.256. The van der Waals surface area contributed by atoms with Crippen molar-refractivity contribution in [2.24, 2.45) is 4.99 Å². The Morgan fingerprint density at radius 2 is 1.92 bits per heavy atom. The van der Waals surface area contributed by atoms with Crippen molar-refractivity contribution in [1.82, 2.24) is 9.29 Å². The highest BCUT2D eigenvalue weighted by Gasteiger charge is 2.21. The van der Waals surface area contributed by atoms with Gasteiger partial charge < -0.3 is 15.2 Å². The number of ether oxygens (including phenoxy) is 1. The van der Waals surface area contributed by atoms with Crippen LogP contribution in [0.3, 0.4) is 0 Å². The number of sulfonamides is 1. The summed E-state index contributed by atoms with van der Waals surface area (Å²) >= 11 is 12.9. The van der Waals surface area contributed by atoms with Crippen molar-refractivity contribution in [3.8, 4) is 11.6 Å². The molecule has 0 aliphatic carbocycles. The Kier molecular flexibility index (Phi) is 6.58. The largest absolute Gasteiger partial charge is 0.494 e. The van der Waals surface area contributed by atoms with Crippen LogP contribution in [0.5, 0.6) is 5.88 Å². The summed E-state index contributed by atoms with van der Waals surface area (Å²) in [6.07, 6.45) is 0. The topological polar surface area (TPSA) is 139 Å². The van der Waals surface area contributed by atoms with Gasteiger partial charge in [-0.2, -0.15) is 0 Å². The van der Waals surface area contributed by atoms with Gasteiger partial charge in [-0.15, -0.1) is 11.3 Å². The van der Waals surface area contributed by atoms with E-state index in [4.69, 9.17) is 27.9 Å². The van der Waals surface area contributed by atoms with Crippen molar-refractivity contribution >= 4 is 73.0 Å². The van der Waals surface area contributed by atoms with E-state index in [-0.39, 0.29) is 30.8 Å². The van der Waals surface area contributed by atoms with Crippen LogP contribution >= 0.6 is 34.5 Å². The molecule has 3 heterocycles. The number of thiophene rings is 1. The number of nitrogens with zero attached hydrogens (tertiary/aromatic N) is 2. The van der Waals surface area contributed by atoms with Crippen LogP contribution in [-0.4, -0.2) is 43.2 Å². The number of benzene rings is 2. The lowest BCUT2D eigenvalue weighted by Gasteiger charge is -2.14. The van der Waals surface area contributed by atoms with Gasteiger partial charge in [0.15, 0.2) is 0 Å². The third-order valence-corrected chi connectivity index (χ3v) is 8.68. The molecule has 37 heavy (non-hydrogen) atoms. The number of amides is 2. The smallest absolute Gasteiger partial charge is 0.333 e. The molecule has 1 aliphatic heterocycles. The number of rotatable bonds is 5. The van der Waals surface area contributed by atoms with Gasteiger partial charge >= 0.3 is 6.03 Å². The van der Waals surface area contributed by atoms with Crippen LogP contribution in [0.2, 0.25) is 9.36 Å². The molecular weight excluding hydrogens is 563 g/mol. The summed E-state index contributed by atoms with van der Waals surface area (Å²) in [5, 5.41) is 14.2. The van der Waals surface area contributed by atoms with E-state index in [1.54, 1.807) is 18.2 Å². The molecule has 2 aromatic heterocycles. The maximum absolute atomic E-state index is 12.9. The summed E-state index contributed by atoms with van der Waals surface area (Å²) in [4.78, 5) is 29.4. The molecule has 0 unspecified atom stereocenters. The van der Waals surface area contributed by atoms with Crippen molar-refractivity contribution in [3.63, 3.8) is 0 Å². The van der Waals surface area contributed by atoms with E-state index in [1.165, 1.54) is 36.4 Å². The number of aromatic nitrogens is 1. The summed E-state index contributed by atoms with van der Waals surface area (Å²) < 4.78 is 33.1. The number of fused-ring (bicyclic) bond motifs is 1. The van der Waals surface area contributed by atoms with Crippen molar-refractivity contribution in [3.05, 3.63) is 79.9 Å². The van der Waals surface area contributed by atoms with Gasteiger partial charge in [-0.1, -0.05) is 23.2 Å². The lowest BCUT2D eigenvalue weighted by atomic mass is 10.1. The van der Waals surface area contributed by atoms with Crippen LogP contribution in [0.4, 0.5) is 10.5 Å². The Hall–Kier alpha value is -3.58. The number of carbonyl (C=O) groups is 1. The Morgan fingerprint density at radius 3 is 2.59 bits per heavy atom. The Labute approximate surface area is 223 Å². The maximum atomic E-state index is 12.9. The lowest BCUT2D eigenvalue weighted by Crippen LogP contribution is -2.33. The molecule has 0 spiro atoms. The Morgan fingerprint density at radius 1 is 1.11 bits per heavy atom. The summed E-state index contributed by atoms with van der Waals surface area (Å²) in [6, 6.07) is 12.2. The minimum Gasteiger partial charge on any atom is -0.494 e. The third kappa shape index (κ3) is 5.01. The number of anilines is 1. The molecule has 2 amide bonds. The maximum Gasteiger partial charge on any atom is 0.333 e. The van der Waals surface area contributed by atoms with Crippen molar-refractivity contribution in [1.29, 1.82) is 0 Å². The zero-order valence-corrected chi connectivity index (χ0v) is 21.7. The van der Waals surface area contributed by atoms with Gasteiger partial charge in [0, 0.05) is 22.7 Å². The highest BCUT2D eigenvalue weighted by atomic mass is 35.5. The highest BCUT2D eigenvalue weighted by Crippen LogP contribution is 2.31. The molecule has 0 radical (unpaired) electrons. The molecule has 10 nitrogen and oxygen atoms in total. The molecular formula is C23H16Cl2N4O6S2. The quantitative estimate of drug-likeness (QED) is 0.321. The average Bonchev–Trinajstić information content (AvgIpc) is 3.52. The first-order chi connectivity index (χ1) is 17.6. The number of pyridine rings is 1. The molecule has 0 bridgehead atoms. The van der Waals surface area contributed by atoms with Crippen LogP contribution in [0.1, 0.15) is 5.56 Å². The fraction of sp³-hybridized carbons (Fsp3) is 0.0870. The molecule has 1 aliphatic rings. The molecule has 0 atom stereocenters. The monoisotopic (exact) mass is 578 g/mol. The van der Waals surface area contributed by atoms with Crippen LogP contribution in [0, 0.1) is 0 Å². The van der Waals surface area contributed by atoms with Gasteiger partial charge in [-0.05, 0) is 53.9 Å². The predicted octanol–water partition coefficient (Wildman–Crippen LogP) is 4.35. The number of nitrogens with one attached hydrogen (secondary N) is 2. The molecule has 5 rings (SSSR count). The van der Waals surface area contributed by atoms with Crippen LogP contribution in [0.25, 0.3) is 16.5 Å². The first-order valence-corrected chi connectivity index (χ1v) is 13.6. The summed E-state index contributed by atoms with van der Waals surface area (Å²) in [5.41, 5.74) is 0.460. The zero-order chi connectivity index (χ0) is 26.3. The highest BCUT2D eigenvalue weighted by molar-refractivity contribution is 7.92. The summed E-state index contributed by atoms with van der Waals surface area (Å²) in [6.45, 7) is 1.05. The number of aliphatic imine (C=N–C) groups is 1. The van der Waals surface area contributed by atoms with E-state index >= 15 is 0 Å². The molecule has 14 heteroatoms. The predicted molar refractivity (Wildman–Crippen MR) is 142 cm³/mol. The summed E-state index contributed by atoms with van der Waals surface area (Å²) in [5.74, 6) is 0.150. The molecule has 0 saturated heterocycles. The fourth-order valence-corrected chi connectivity index (χ4v) is 6.38. The van der Waals surface area contributed by atoms with E-state index in [0.29, 0.717) is 35.4 Å². The van der Waals surface area contributed by atoms with Gasteiger partial charge in [0.1, 0.15) is 10.8 Å². The number of hydrogen-bond acceptors (Lipinski definition) is 8. The first kappa shape index (κ1) is 25.1. The molecule has 3 N–H and O–H groups in total. The van der Waals surface area contributed by atoms with Gasteiger partial charge in [-0.3, -0.25) is 4.79 Å². The second-order valence-electron chi connectivity index (χ2n) is 7.76. The standard InChI is InChI=1S/C23H16Cl2N4O6S2/c24-16-11-14(27-23(32)28-37(33,34)20-6-5-18(25)36-20)2-4-17(16)29-19(30)10-13-9-12(21-26-7-8-35-21)1-3-15(13)22(29)31/h1-6,9-11,31H,7-8H2,(H2,27,28,32). The number of aromatic hydroxyl groups is 1. The summed E-state index contributed by atoms with van der Waals surface area (Å²) in [7, 11) is -4.12. The minimum atomic E-state index is -4.12. The zero-order valence-electron chi connectivity index (χ0n) is 18.6. The SMILES string of the molecule is O=C(Nc1ccc(-n2c(O)c3ccc(C4=NCCO4)cc3cc2=O)c(Cl)c1)NS(=O)(=O)c1ccc(Cl)s1. The van der Waals surface area contributed by atoms with Crippen molar-refractivity contribution < 1.29 is 23.1 Å². The normalized spacial score (nSPS) is 13.3. The van der Waals surface area contributed by atoms with Gasteiger partial charge in [0.2, 0.25) is 11.8 Å². The number of urea groups is 1. The van der Waals surface area contributed by atoms with E-state index in [0.717, 1.165) is 15.9 Å². The molecule has 2 aromatic carbocycles. The van der Waals surface area contributed by atoms with Gasteiger partial charge in [0.05, 0.1) is 21.6 Å². The third-order valence-electron chi connectivity index (χ3n) is 5.32. The first-order valence-electron chi connectivity index (χ1n) is 10.6. The second-order valence-corrected chi connectivity index (χ2v) is 11.8. The minimum absolute atomic E-state index is 0.0211. The number of halogens is 2. The van der Waals surface area contributed by atoms with E-state index in [2.05, 4.69) is 10.3 Å². The van der Waals surface area contributed by atoms with E-state index in [1.807, 2.05) is 4.72 Å². The fourth-order valence-electron chi connectivity index (χ4n) is 3.72. The van der Waals surface area contributed by atoms with Crippen LogP contribution < -0.4 is 15.6 Å². The van der Waals surface area contributed by atoms with Gasteiger partial charge in [0.25, 0.3) is 15.6 Å². The van der Waals surface area contributed by atoms with Gasteiger partial charge in [-0.25, -0.2) is 27.5 Å². The Balaban J connectivity index is 1.41. The molecule has 4 aromatic rings. The second kappa shape index (κ2) is 9.71. The van der Waals surface area contributed by atoms with E-state index < -0.39 is 21.6 Å².